The van der Waals surface area contributed by atoms with E-state index in [1.54, 1.807) is 6.33 Å². The van der Waals surface area contributed by atoms with Crippen molar-refractivity contribution in [3.8, 4) is 0 Å². The number of anilines is 2. The highest BCUT2D eigenvalue weighted by molar-refractivity contribution is 5.58. The Morgan fingerprint density at radius 2 is 1.75 bits per heavy atom. The number of nitrogens with two attached hydrogens (primary N) is 1. The smallest absolute Gasteiger partial charge is 0.148 e. The molecule has 1 aromatic rings. The van der Waals surface area contributed by atoms with Crippen molar-refractivity contribution >= 4 is 11.6 Å². The molecule has 2 aliphatic carbocycles. The lowest BCUT2D eigenvalue weighted by Crippen LogP contribution is -2.21. The van der Waals surface area contributed by atoms with Gasteiger partial charge in [-0.2, -0.15) is 0 Å². The highest BCUT2D eigenvalue weighted by Gasteiger charge is 2.41. The van der Waals surface area contributed by atoms with Gasteiger partial charge in [0.25, 0.3) is 0 Å². The van der Waals surface area contributed by atoms with Gasteiger partial charge in [-0.05, 0) is 49.4 Å². The van der Waals surface area contributed by atoms with Gasteiger partial charge < -0.3 is 10.7 Å². The molecule has 0 aromatic carbocycles. The number of nitrogens with zero attached hydrogens (tertiary/aromatic N) is 2. The first-order chi connectivity index (χ1) is 9.70. The Hall–Kier alpha value is -1.36. The summed E-state index contributed by atoms with van der Waals surface area (Å²) in [7, 11) is 0. The van der Waals surface area contributed by atoms with Crippen molar-refractivity contribution in [2.24, 2.45) is 23.6 Å². The molecule has 3 rings (SSSR count). The Morgan fingerprint density at radius 1 is 1.15 bits per heavy atom. The number of hydrogen-bond donors (Lipinski definition) is 3. The summed E-state index contributed by atoms with van der Waals surface area (Å²) in [6, 6.07) is 0. The van der Waals surface area contributed by atoms with Gasteiger partial charge in [-0.15, -0.1) is 0 Å². The molecular formula is C15H25N5. The molecule has 0 spiro atoms. The Kier molecular flexibility index (Phi) is 3.78. The molecule has 1 aromatic heterocycles. The molecule has 0 unspecified atom stereocenters. The SMILES string of the molecule is CC(C)c1c(NN)ncnc1NCC(C1CC1)C1CC1. The summed E-state index contributed by atoms with van der Waals surface area (Å²) < 4.78 is 0. The lowest BCUT2D eigenvalue weighted by atomic mass is 9.97. The molecule has 0 radical (unpaired) electrons. The van der Waals surface area contributed by atoms with Gasteiger partial charge in [-0.1, -0.05) is 13.8 Å². The second-order valence-corrected chi connectivity index (χ2v) is 6.50. The van der Waals surface area contributed by atoms with Crippen LogP contribution in [0.5, 0.6) is 0 Å². The highest BCUT2D eigenvalue weighted by Crippen LogP contribution is 2.49. The normalized spacial score (nSPS) is 18.6. The van der Waals surface area contributed by atoms with Crippen LogP contribution in [-0.2, 0) is 0 Å². The molecule has 20 heavy (non-hydrogen) atoms. The van der Waals surface area contributed by atoms with E-state index in [-0.39, 0.29) is 0 Å². The topological polar surface area (TPSA) is 75.9 Å². The van der Waals surface area contributed by atoms with Gasteiger partial charge in [-0.25, -0.2) is 15.8 Å². The lowest BCUT2D eigenvalue weighted by Gasteiger charge is -2.20. The van der Waals surface area contributed by atoms with Crippen molar-refractivity contribution in [3.63, 3.8) is 0 Å². The first kappa shape index (κ1) is 13.6. The van der Waals surface area contributed by atoms with E-state index in [1.165, 1.54) is 25.7 Å². The molecule has 110 valence electrons. The fourth-order valence-electron chi connectivity index (χ4n) is 3.18. The van der Waals surface area contributed by atoms with Crippen LogP contribution in [0.2, 0.25) is 0 Å². The zero-order chi connectivity index (χ0) is 14.1. The third-order valence-corrected chi connectivity index (χ3v) is 4.56. The summed E-state index contributed by atoms with van der Waals surface area (Å²) >= 11 is 0. The van der Waals surface area contributed by atoms with E-state index in [0.29, 0.717) is 5.92 Å². The Balaban J connectivity index is 1.72. The third kappa shape index (κ3) is 2.87. The fourth-order valence-corrected chi connectivity index (χ4v) is 3.18. The van der Waals surface area contributed by atoms with Crippen molar-refractivity contribution in [1.82, 2.24) is 9.97 Å². The predicted octanol–water partition coefficient (Wildman–Crippen LogP) is 2.73. The van der Waals surface area contributed by atoms with E-state index >= 15 is 0 Å². The average Bonchev–Trinajstić information content (AvgIpc) is 3.31. The maximum Gasteiger partial charge on any atom is 0.148 e. The number of nitrogens with one attached hydrogen (secondary N) is 2. The minimum absolute atomic E-state index is 0.338. The Labute approximate surface area is 120 Å². The van der Waals surface area contributed by atoms with E-state index in [1.807, 2.05) is 0 Å². The largest absolute Gasteiger partial charge is 0.369 e. The second-order valence-electron chi connectivity index (χ2n) is 6.50. The van der Waals surface area contributed by atoms with Gasteiger partial charge in [0.05, 0.1) is 0 Å². The van der Waals surface area contributed by atoms with Crippen LogP contribution < -0.4 is 16.6 Å². The van der Waals surface area contributed by atoms with Crippen LogP contribution in [0.1, 0.15) is 51.0 Å². The average molecular weight is 275 g/mol. The summed E-state index contributed by atoms with van der Waals surface area (Å²) in [4.78, 5) is 8.64. The molecule has 0 bridgehead atoms. The van der Waals surface area contributed by atoms with Crippen molar-refractivity contribution < 1.29 is 0 Å². The molecule has 2 aliphatic rings. The molecule has 2 fully saturated rings. The van der Waals surface area contributed by atoms with Crippen LogP contribution in [0.25, 0.3) is 0 Å². The first-order valence-corrected chi connectivity index (χ1v) is 7.76. The summed E-state index contributed by atoms with van der Waals surface area (Å²) in [6.45, 7) is 5.32. The van der Waals surface area contributed by atoms with Crippen molar-refractivity contribution in [1.29, 1.82) is 0 Å². The number of rotatable bonds is 7. The molecule has 0 amide bonds. The van der Waals surface area contributed by atoms with Crippen LogP contribution >= 0.6 is 0 Å². The van der Waals surface area contributed by atoms with E-state index in [0.717, 1.165) is 41.5 Å². The highest BCUT2D eigenvalue weighted by atomic mass is 15.3. The van der Waals surface area contributed by atoms with E-state index in [9.17, 15) is 0 Å². The molecular weight excluding hydrogens is 250 g/mol. The van der Waals surface area contributed by atoms with Crippen molar-refractivity contribution in [2.75, 3.05) is 17.3 Å². The molecule has 0 aliphatic heterocycles. The maximum absolute atomic E-state index is 5.56. The quantitative estimate of drug-likeness (QED) is 0.527. The molecule has 5 nitrogen and oxygen atoms in total. The zero-order valence-electron chi connectivity index (χ0n) is 12.4. The van der Waals surface area contributed by atoms with E-state index in [4.69, 9.17) is 5.84 Å². The van der Waals surface area contributed by atoms with Crippen LogP contribution in [0, 0.1) is 17.8 Å². The number of hydrogen-bond acceptors (Lipinski definition) is 5. The second kappa shape index (κ2) is 5.56. The predicted molar refractivity (Wildman–Crippen MR) is 81.4 cm³/mol. The van der Waals surface area contributed by atoms with Gasteiger partial charge in [-0.3, -0.25) is 0 Å². The lowest BCUT2D eigenvalue weighted by molar-refractivity contribution is 0.427. The van der Waals surface area contributed by atoms with Gasteiger partial charge in [0.15, 0.2) is 0 Å². The minimum Gasteiger partial charge on any atom is -0.369 e. The molecule has 1 heterocycles. The zero-order valence-corrected chi connectivity index (χ0v) is 12.4. The molecule has 4 N–H and O–H groups in total. The molecule has 0 saturated heterocycles. The van der Waals surface area contributed by atoms with E-state index in [2.05, 4.69) is 34.6 Å². The van der Waals surface area contributed by atoms with E-state index < -0.39 is 0 Å². The molecule has 5 heteroatoms. The van der Waals surface area contributed by atoms with Crippen molar-refractivity contribution in [2.45, 2.75) is 45.4 Å². The van der Waals surface area contributed by atoms with Crippen LogP contribution in [0.3, 0.4) is 0 Å². The van der Waals surface area contributed by atoms with Crippen LogP contribution in [0.15, 0.2) is 6.33 Å². The fraction of sp³-hybridized carbons (Fsp3) is 0.733. The molecule has 2 saturated carbocycles. The van der Waals surface area contributed by atoms with Gasteiger partial charge in [0.1, 0.15) is 18.0 Å². The summed E-state index contributed by atoms with van der Waals surface area (Å²) in [6.07, 6.45) is 7.24. The first-order valence-electron chi connectivity index (χ1n) is 7.76. The van der Waals surface area contributed by atoms with Crippen LogP contribution in [0.4, 0.5) is 11.6 Å². The standard InChI is InChI=1S/C15H25N5/c1-9(2)13-14(18-8-19-15(13)20-16)17-7-12(10-3-4-10)11-5-6-11/h8-12H,3-7,16H2,1-2H3,(H2,17,18,19,20). The number of aromatic nitrogens is 2. The summed E-state index contributed by atoms with van der Waals surface area (Å²) in [5.41, 5.74) is 3.77. The Morgan fingerprint density at radius 3 is 2.25 bits per heavy atom. The van der Waals surface area contributed by atoms with Crippen LogP contribution in [-0.4, -0.2) is 16.5 Å². The summed E-state index contributed by atoms with van der Waals surface area (Å²) in [5.74, 6) is 10.3. The number of nitrogen functional groups attached to an aromatic ring is 1. The summed E-state index contributed by atoms with van der Waals surface area (Å²) in [5, 5.41) is 3.57. The maximum atomic E-state index is 5.56. The third-order valence-electron chi connectivity index (χ3n) is 4.56. The minimum atomic E-state index is 0.338. The van der Waals surface area contributed by atoms with Gasteiger partial charge >= 0.3 is 0 Å². The Bertz CT molecular complexity index is 453. The molecule has 0 atom stereocenters. The van der Waals surface area contributed by atoms with Crippen molar-refractivity contribution in [3.05, 3.63) is 11.9 Å². The monoisotopic (exact) mass is 275 g/mol. The number of hydrazine groups is 1. The van der Waals surface area contributed by atoms with Gasteiger partial charge in [0, 0.05) is 12.1 Å². The van der Waals surface area contributed by atoms with Gasteiger partial charge in [0.2, 0.25) is 0 Å².